The Morgan fingerprint density at radius 2 is 1.29 bits per heavy atom. The number of anilines is 2. The smallest absolute Gasteiger partial charge is 0.196 e. The summed E-state index contributed by atoms with van der Waals surface area (Å²) in [5.74, 6) is -0.190. The lowest BCUT2D eigenvalue weighted by atomic mass is 9.81. The van der Waals surface area contributed by atoms with Gasteiger partial charge in [0, 0.05) is 42.7 Å². The van der Waals surface area contributed by atoms with E-state index in [0.29, 0.717) is 35.3 Å². The maximum Gasteiger partial charge on any atom is 0.196 e. The standard InChI is InChI=1S/C24H28N4O2S/c1-27(2)12-10-25-20-17-9-14-31-24(17)21(26-11-13-28(3)4)19-18(20)22(29)15-7-5-6-8-16(15)23(19)30/h5-9,14,25-26H,10-13H2,1-4H3. The molecule has 1 aromatic heterocycles. The molecule has 7 heteroatoms. The number of ketones is 2. The molecule has 0 radical (unpaired) electrons. The van der Waals surface area contributed by atoms with Crippen LogP contribution in [0, 0.1) is 0 Å². The third kappa shape index (κ3) is 3.96. The van der Waals surface area contributed by atoms with E-state index in [1.54, 1.807) is 23.5 Å². The van der Waals surface area contributed by atoms with Gasteiger partial charge in [-0.3, -0.25) is 9.59 Å². The van der Waals surface area contributed by atoms with Crippen molar-refractivity contribution in [3.8, 4) is 0 Å². The van der Waals surface area contributed by atoms with Crippen molar-refractivity contribution in [1.82, 2.24) is 9.80 Å². The van der Waals surface area contributed by atoms with Gasteiger partial charge in [-0.2, -0.15) is 0 Å². The zero-order chi connectivity index (χ0) is 22.1. The third-order valence-electron chi connectivity index (χ3n) is 5.50. The lowest BCUT2D eigenvalue weighted by Gasteiger charge is -2.26. The first-order valence-electron chi connectivity index (χ1n) is 10.4. The number of carbonyl (C=O) groups is 2. The highest BCUT2D eigenvalue weighted by molar-refractivity contribution is 7.18. The summed E-state index contributed by atoms with van der Waals surface area (Å²) in [5.41, 5.74) is 3.47. The molecule has 2 N–H and O–H groups in total. The molecule has 0 bridgehead atoms. The lowest BCUT2D eigenvalue weighted by Crippen LogP contribution is -2.27. The summed E-state index contributed by atoms with van der Waals surface area (Å²) in [6.07, 6.45) is 0. The SMILES string of the molecule is CN(C)CCNc1c2c(c(NCCN(C)C)c3sccc13)C(=O)c1ccccc1C2=O. The number of nitrogens with zero attached hydrogens (tertiary/aromatic N) is 2. The van der Waals surface area contributed by atoms with Crippen LogP contribution in [0.25, 0.3) is 10.1 Å². The second kappa shape index (κ2) is 8.78. The maximum atomic E-state index is 13.6. The van der Waals surface area contributed by atoms with E-state index < -0.39 is 0 Å². The topological polar surface area (TPSA) is 64.7 Å². The molecule has 0 aliphatic heterocycles. The minimum atomic E-state index is -0.0960. The number of fused-ring (bicyclic) bond motifs is 3. The molecule has 1 heterocycles. The highest BCUT2D eigenvalue weighted by Gasteiger charge is 2.36. The van der Waals surface area contributed by atoms with Crippen LogP contribution < -0.4 is 10.6 Å². The molecule has 0 atom stereocenters. The quantitative estimate of drug-likeness (QED) is 0.411. The van der Waals surface area contributed by atoms with Gasteiger partial charge in [-0.25, -0.2) is 0 Å². The zero-order valence-corrected chi connectivity index (χ0v) is 19.2. The number of hydrogen-bond acceptors (Lipinski definition) is 7. The highest BCUT2D eigenvalue weighted by Crippen LogP contribution is 2.45. The van der Waals surface area contributed by atoms with E-state index in [2.05, 4.69) is 20.4 Å². The summed E-state index contributed by atoms with van der Waals surface area (Å²) in [4.78, 5) is 31.4. The average molecular weight is 437 g/mol. The first kappa shape index (κ1) is 21.5. The van der Waals surface area contributed by atoms with E-state index >= 15 is 0 Å². The van der Waals surface area contributed by atoms with Crippen LogP contribution in [0.15, 0.2) is 35.7 Å². The van der Waals surface area contributed by atoms with E-state index in [1.165, 1.54) is 0 Å². The Hall–Kier alpha value is -2.74. The van der Waals surface area contributed by atoms with Crippen molar-refractivity contribution in [3.63, 3.8) is 0 Å². The third-order valence-corrected chi connectivity index (χ3v) is 6.44. The monoisotopic (exact) mass is 436 g/mol. The largest absolute Gasteiger partial charge is 0.383 e. The van der Waals surface area contributed by atoms with E-state index in [4.69, 9.17) is 0 Å². The fraction of sp³-hybridized carbons (Fsp3) is 0.333. The minimum absolute atomic E-state index is 0.0940. The van der Waals surface area contributed by atoms with Crippen LogP contribution in [0.2, 0.25) is 0 Å². The van der Waals surface area contributed by atoms with Crippen LogP contribution in [-0.4, -0.2) is 75.7 Å². The van der Waals surface area contributed by atoms with E-state index in [1.807, 2.05) is 51.8 Å². The van der Waals surface area contributed by atoms with Crippen LogP contribution in [0.1, 0.15) is 31.8 Å². The maximum absolute atomic E-state index is 13.6. The minimum Gasteiger partial charge on any atom is -0.383 e. The summed E-state index contributed by atoms with van der Waals surface area (Å²) in [6.45, 7) is 3.01. The van der Waals surface area contributed by atoms with Crippen molar-refractivity contribution in [1.29, 1.82) is 0 Å². The van der Waals surface area contributed by atoms with Crippen molar-refractivity contribution < 1.29 is 9.59 Å². The summed E-state index contributed by atoms with van der Waals surface area (Å²) in [7, 11) is 8.06. The van der Waals surface area contributed by atoms with Gasteiger partial charge in [0.05, 0.1) is 27.2 Å². The first-order chi connectivity index (χ1) is 14.9. The fourth-order valence-corrected chi connectivity index (χ4v) is 4.89. The van der Waals surface area contributed by atoms with Crippen molar-refractivity contribution in [3.05, 3.63) is 58.0 Å². The molecule has 1 aliphatic carbocycles. The van der Waals surface area contributed by atoms with Gasteiger partial charge in [0.1, 0.15) is 0 Å². The fourth-order valence-electron chi connectivity index (χ4n) is 3.96. The Bertz CT molecular complexity index is 1060. The lowest BCUT2D eigenvalue weighted by molar-refractivity contribution is 0.0980. The van der Waals surface area contributed by atoms with E-state index in [-0.39, 0.29) is 11.6 Å². The van der Waals surface area contributed by atoms with Gasteiger partial charge >= 0.3 is 0 Å². The van der Waals surface area contributed by atoms with Crippen LogP contribution in [-0.2, 0) is 0 Å². The van der Waals surface area contributed by atoms with Gasteiger partial charge in [0.25, 0.3) is 0 Å². The molecule has 0 spiro atoms. The highest BCUT2D eigenvalue weighted by atomic mass is 32.1. The van der Waals surface area contributed by atoms with Gasteiger partial charge in [-0.1, -0.05) is 24.3 Å². The zero-order valence-electron chi connectivity index (χ0n) is 18.4. The molecule has 1 aliphatic rings. The predicted molar refractivity (Wildman–Crippen MR) is 129 cm³/mol. The molecule has 2 aromatic carbocycles. The van der Waals surface area contributed by atoms with Gasteiger partial charge in [0.2, 0.25) is 0 Å². The van der Waals surface area contributed by atoms with Crippen molar-refractivity contribution in [2.75, 3.05) is 65.0 Å². The Balaban J connectivity index is 1.91. The molecule has 0 saturated heterocycles. The molecule has 3 aromatic rings. The molecule has 4 rings (SSSR count). The predicted octanol–water partition coefficient (Wildman–Crippen LogP) is 3.62. The molecule has 0 saturated carbocycles. The van der Waals surface area contributed by atoms with Crippen molar-refractivity contribution in [2.45, 2.75) is 0 Å². The molecule has 0 unspecified atom stereocenters. The number of hydrogen-bond donors (Lipinski definition) is 2. The van der Waals surface area contributed by atoms with Crippen molar-refractivity contribution >= 4 is 44.4 Å². The van der Waals surface area contributed by atoms with E-state index in [0.717, 1.165) is 34.6 Å². The van der Waals surface area contributed by atoms with Crippen LogP contribution in [0.5, 0.6) is 0 Å². The van der Waals surface area contributed by atoms with Gasteiger partial charge < -0.3 is 20.4 Å². The second-order valence-corrected chi connectivity index (χ2v) is 9.24. The second-order valence-electron chi connectivity index (χ2n) is 8.33. The summed E-state index contributed by atoms with van der Waals surface area (Å²) in [6, 6.07) is 9.16. The molecule has 6 nitrogen and oxygen atoms in total. The number of thiophene rings is 1. The first-order valence-corrected chi connectivity index (χ1v) is 11.3. The summed E-state index contributed by atoms with van der Waals surface area (Å²) >= 11 is 1.59. The number of likely N-dealkylation sites (N-methyl/N-ethyl adjacent to an activating group) is 2. The number of carbonyl (C=O) groups excluding carboxylic acids is 2. The van der Waals surface area contributed by atoms with Crippen LogP contribution >= 0.6 is 11.3 Å². The Morgan fingerprint density at radius 3 is 1.84 bits per heavy atom. The van der Waals surface area contributed by atoms with Gasteiger partial charge in [-0.05, 0) is 39.6 Å². The molecule has 0 fully saturated rings. The van der Waals surface area contributed by atoms with Crippen LogP contribution in [0.4, 0.5) is 11.4 Å². The van der Waals surface area contributed by atoms with E-state index in [9.17, 15) is 9.59 Å². The molecular weight excluding hydrogens is 408 g/mol. The Labute approximate surface area is 186 Å². The Morgan fingerprint density at radius 1 is 0.774 bits per heavy atom. The molecule has 162 valence electrons. The van der Waals surface area contributed by atoms with Gasteiger partial charge in [-0.15, -0.1) is 11.3 Å². The molecule has 31 heavy (non-hydrogen) atoms. The summed E-state index contributed by atoms with van der Waals surface area (Å²) < 4.78 is 1.00. The number of nitrogens with one attached hydrogen (secondary N) is 2. The average Bonchev–Trinajstić information content (AvgIpc) is 3.22. The molecule has 0 amide bonds. The summed E-state index contributed by atoms with van der Waals surface area (Å²) in [5, 5.41) is 9.95. The number of rotatable bonds is 8. The normalized spacial score (nSPS) is 13.1. The van der Waals surface area contributed by atoms with Gasteiger partial charge in [0.15, 0.2) is 11.6 Å². The van der Waals surface area contributed by atoms with Crippen LogP contribution in [0.3, 0.4) is 0 Å². The Kier molecular flexibility index (Phi) is 6.09. The number of benzene rings is 2. The van der Waals surface area contributed by atoms with Crippen molar-refractivity contribution in [2.24, 2.45) is 0 Å². The molecular formula is C24H28N4O2S.